The molecule has 112 valence electrons. The first-order chi connectivity index (χ1) is 10.8. The summed E-state index contributed by atoms with van der Waals surface area (Å²) in [6, 6.07) is 9.53. The minimum Gasteiger partial charge on any atom is -0.453 e. The molecule has 0 saturated heterocycles. The summed E-state index contributed by atoms with van der Waals surface area (Å²) in [5.41, 5.74) is 3.17. The number of furan rings is 1. The third-order valence-electron chi connectivity index (χ3n) is 4.42. The highest BCUT2D eigenvalue weighted by molar-refractivity contribution is 5.97. The average Bonchev–Trinajstić information content (AvgIpc) is 3.30. The maximum absolute atomic E-state index is 12.4. The van der Waals surface area contributed by atoms with Gasteiger partial charge < -0.3 is 9.32 Å². The van der Waals surface area contributed by atoms with Crippen molar-refractivity contribution in [3.05, 3.63) is 41.7 Å². The zero-order chi connectivity index (χ0) is 15.1. The number of fused-ring (bicyclic) bond motifs is 1. The number of carbonyl (C=O) groups is 2. The van der Waals surface area contributed by atoms with Crippen LogP contribution in [0.4, 0.5) is 5.69 Å². The summed E-state index contributed by atoms with van der Waals surface area (Å²) in [5.74, 6) is 1.54. The molecule has 0 radical (unpaired) electrons. The summed E-state index contributed by atoms with van der Waals surface area (Å²) in [6.07, 6.45) is 4.73. The first-order valence-corrected chi connectivity index (χ1v) is 7.76. The van der Waals surface area contributed by atoms with Gasteiger partial charge in [-0.1, -0.05) is 0 Å². The van der Waals surface area contributed by atoms with E-state index in [1.807, 2.05) is 17.0 Å². The van der Waals surface area contributed by atoms with E-state index in [4.69, 9.17) is 4.42 Å². The Labute approximate surface area is 128 Å². The van der Waals surface area contributed by atoms with Crippen molar-refractivity contribution >= 4 is 17.9 Å². The van der Waals surface area contributed by atoms with Gasteiger partial charge in [0.2, 0.25) is 5.91 Å². The van der Waals surface area contributed by atoms with E-state index in [2.05, 4.69) is 6.07 Å². The standard InChI is InChI=1S/C18H17NO3/c20-11-15-6-8-17(22-15)14-5-7-16-13(10-14)2-1-9-19(16)18(21)12-3-4-12/h5-8,10-12H,1-4,9H2. The Morgan fingerprint density at radius 1 is 1.23 bits per heavy atom. The molecule has 22 heavy (non-hydrogen) atoms. The van der Waals surface area contributed by atoms with Gasteiger partial charge in [-0.3, -0.25) is 9.59 Å². The Morgan fingerprint density at radius 2 is 2.09 bits per heavy atom. The summed E-state index contributed by atoms with van der Waals surface area (Å²) in [4.78, 5) is 25.1. The summed E-state index contributed by atoms with van der Waals surface area (Å²) in [6.45, 7) is 0.817. The average molecular weight is 295 g/mol. The number of anilines is 1. The smallest absolute Gasteiger partial charge is 0.230 e. The van der Waals surface area contributed by atoms with Gasteiger partial charge in [-0.25, -0.2) is 0 Å². The Morgan fingerprint density at radius 3 is 2.82 bits per heavy atom. The van der Waals surface area contributed by atoms with E-state index < -0.39 is 0 Å². The molecule has 0 spiro atoms. The molecule has 1 fully saturated rings. The lowest BCUT2D eigenvalue weighted by Gasteiger charge is -2.30. The maximum atomic E-state index is 12.4. The molecule has 0 atom stereocenters. The Balaban J connectivity index is 1.68. The number of hydrogen-bond donors (Lipinski definition) is 0. The summed E-state index contributed by atoms with van der Waals surface area (Å²) >= 11 is 0. The predicted molar refractivity (Wildman–Crippen MR) is 82.9 cm³/mol. The number of carbonyl (C=O) groups excluding carboxylic acids is 2. The van der Waals surface area contributed by atoms with Crippen LogP contribution in [0, 0.1) is 5.92 Å². The largest absolute Gasteiger partial charge is 0.453 e. The molecule has 1 amide bonds. The van der Waals surface area contributed by atoms with Crippen molar-refractivity contribution in [3.63, 3.8) is 0 Å². The van der Waals surface area contributed by atoms with Crippen molar-refractivity contribution in [2.75, 3.05) is 11.4 Å². The van der Waals surface area contributed by atoms with Gasteiger partial charge in [0.15, 0.2) is 12.0 Å². The Kier molecular flexibility index (Phi) is 3.10. The van der Waals surface area contributed by atoms with Crippen molar-refractivity contribution in [1.29, 1.82) is 0 Å². The number of aryl methyl sites for hydroxylation is 1. The van der Waals surface area contributed by atoms with E-state index in [1.165, 1.54) is 5.56 Å². The first kappa shape index (κ1) is 13.3. The highest BCUT2D eigenvalue weighted by Crippen LogP contribution is 2.37. The number of amides is 1. The van der Waals surface area contributed by atoms with Crippen LogP contribution in [0.3, 0.4) is 0 Å². The second-order valence-corrected chi connectivity index (χ2v) is 6.03. The second-order valence-electron chi connectivity index (χ2n) is 6.03. The molecule has 1 aliphatic carbocycles. The Bertz CT molecular complexity index is 743. The van der Waals surface area contributed by atoms with Gasteiger partial charge in [0.25, 0.3) is 0 Å². The van der Waals surface area contributed by atoms with Crippen molar-refractivity contribution < 1.29 is 14.0 Å². The lowest BCUT2D eigenvalue weighted by molar-refractivity contribution is -0.119. The van der Waals surface area contributed by atoms with Crippen LogP contribution in [-0.2, 0) is 11.2 Å². The monoisotopic (exact) mass is 295 g/mol. The molecule has 1 saturated carbocycles. The molecule has 1 aromatic carbocycles. The number of rotatable bonds is 3. The quantitative estimate of drug-likeness (QED) is 0.815. The van der Waals surface area contributed by atoms with E-state index in [0.29, 0.717) is 17.8 Å². The molecule has 2 aliphatic rings. The summed E-state index contributed by atoms with van der Waals surface area (Å²) in [5, 5.41) is 0. The number of hydrogen-bond acceptors (Lipinski definition) is 3. The predicted octanol–water partition coefficient (Wildman–Crippen LogP) is 3.45. The van der Waals surface area contributed by atoms with E-state index in [9.17, 15) is 9.59 Å². The van der Waals surface area contributed by atoms with E-state index >= 15 is 0 Å². The van der Waals surface area contributed by atoms with Crippen LogP contribution in [-0.4, -0.2) is 18.7 Å². The molecule has 0 bridgehead atoms. The second kappa shape index (κ2) is 5.13. The minimum atomic E-state index is 0.242. The molecular weight excluding hydrogens is 278 g/mol. The Hall–Kier alpha value is -2.36. The maximum Gasteiger partial charge on any atom is 0.230 e. The molecule has 1 aromatic heterocycles. The molecule has 0 N–H and O–H groups in total. The zero-order valence-corrected chi connectivity index (χ0v) is 12.2. The summed E-state index contributed by atoms with van der Waals surface area (Å²) in [7, 11) is 0. The van der Waals surface area contributed by atoms with Gasteiger partial charge in [0.1, 0.15) is 5.76 Å². The highest BCUT2D eigenvalue weighted by atomic mass is 16.3. The van der Waals surface area contributed by atoms with Crippen molar-refractivity contribution in [3.8, 4) is 11.3 Å². The fourth-order valence-electron chi connectivity index (χ4n) is 3.10. The molecule has 1 aliphatic heterocycles. The normalized spacial score (nSPS) is 17.2. The van der Waals surface area contributed by atoms with E-state index in [-0.39, 0.29) is 11.8 Å². The molecule has 4 heteroatoms. The summed E-state index contributed by atoms with van der Waals surface area (Å²) < 4.78 is 5.48. The third kappa shape index (κ3) is 2.25. The van der Waals surface area contributed by atoms with Crippen LogP contribution in [0.15, 0.2) is 34.7 Å². The lowest BCUT2D eigenvalue weighted by Crippen LogP contribution is -2.36. The molecule has 4 nitrogen and oxygen atoms in total. The van der Waals surface area contributed by atoms with Crippen LogP contribution in [0.25, 0.3) is 11.3 Å². The fourth-order valence-corrected chi connectivity index (χ4v) is 3.10. The van der Waals surface area contributed by atoms with Crippen LogP contribution >= 0.6 is 0 Å². The SMILES string of the molecule is O=Cc1ccc(-c2ccc3c(c2)CCCN3C(=O)C2CC2)o1. The van der Waals surface area contributed by atoms with E-state index in [0.717, 1.165) is 43.5 Å². The van der Waals surface area contributed by atoms with Crippen LogP contribution in [0.1, 0.15) is 35.4 Å². The van der Waals surface area contributed by atoms with Crippen LogP contribution < -0.4 is 4.90 Å². The zero-order valence-electron chi connectivity index (χ0n) is 12.2. The molecule has 2 aromatic rings. The van der Waals surface area contributed by atoms with E-state index in [1.54, 1.807) is 12.1 Å². The van der Waals surface area contributed by atoms with Crippen LogP contribution in [0.5, 0.6) is 0 Å². The lowest BCUT2D eigenvalue weighted by atomic mass is 9.98. The fraction of sp³-hybridized carbons (Fsp3) is 0.333. The van der Waals surface area contributed by atoms with Crippen molar-refractivity contribution in [1.82, 2.24) is 0 Å². The molecule has 0 unspecified atom stereocenters. The molecule has 4 rings (SSSR count). The first-order valence-electron chi connectivity index (χ1n) is 7.76. The number of nitrogens with zero attached hydrogens (tertiary/aromatic N) is 1. The molecule has 2 heterocycles. The van der Waals surface area contributed by atoms with Gasteiger partial charge in [0.05, 0.1) is 0 Å². The topological polar surface area (TPSA) is 50.5 Å². The van der Waals surface area contributed by atoms with Gasteiger partial charge in [-0.05, 0) is 61.6 Å². The van der Waals surface area contributed by atoms with Crippen molar-refractivity contribution in [2.24, 2.45) is 5.92 Å². The van der Waals surface area contributed by atoms with Crippen LogP contribution in [0.2, 0.25) is 0 Å². The van der Waals surface area contributed by atoms with Gasteiger partial charge >= 0.3 is 0 Å². The minimum absolute atomic E-state index is 0.242. The highest BCUT2D eigenvalue weighted by Gasteiger charge is 2.35. The number of benzene rings is 1. The van der Waals surface area contributed by atoms with Gasteiger partial charge in [-0.2, -0.15) is 0 Å². The molecular formula is C18H17NO3. The van der Waals surface area contributed by atoms with Gasteiger partial charge in [-0.15, -0.1) is 0 Å². The third-order valence-corrected chi connectivity index (χ3v) is 4.42. The van der Waals surface area contributed by atoms with Crippen molar-refractivity contribution in [2.45, 2.75) is 25.7 Å². The van der Waals surface area contributed by atoms with Gasteiger partial charge in [0, 0.05) is 23.7 Å². The number of aldehydes is 1.